The van der Waals surface area contributed by atoms with Gasteiger partial charge in [-0.05, 0) is 24.5 Å². The van der Waals surface area contributed by atoms with Crippen molar-refractivity contribution in [3.05, 3.63) is 28.2 Å². The highest BCUT2D eigenvalue weighted by Crippen LogP contribution is 2.17. The zero-order valence-corrected chi connectivity index (χ0v) is 12.6. The third kappa shape index (κ3) is 5.03. The highest BCUT2D eigenvalue weighted by molar-refractivity contribution is 6.39. The maximum atomic E-state index is 11.7. The number of amides is 2. The third-order valence-corrected chi connectivity index (χ3v) is 2.97. The smallest absolute Gasteiger partial charge is 0.313 e. The predicted molar refractivity (Wildman–Crippen MR) is 78.9 cm³/mol. The molecular weight excluding hydrogens is 274 g/mol. The van der Waals surface area contributed by atoms with E-state index in [0.717, 1.165) is 0 Å². The number of aromatic nitrogens is 1. The number of H-pyrrole nitrogens is 1. The molecule has 0 aromatic carbocycles. The van der Waals surface area contributed by atoms with E-state index in [1.54, 1.807) is 13.0 Å². The van der Waals surface area contributed by atoms with E-state index in [9.17, 15) is 19.5 Å². The van der Waals surface area contributed by atoms with E-state index in [1.165, 1.54) is 6.07 Å². The fourth-order valence-corrected chi connectivity index (χ4v) is 1.43. The van der Waals surface area contributed by atoms with Crippen molar-refractivity contribution >= 4 is 17.5 Å². The number of anilines is 1. The first-order chi connectivity index (χ1) is 9.61. The molecule has 7 nitrogen and oxygen atoms in total. The highest BCUT2D eigenvalue weighted by atomic mass is 16.3. The summed E-state index contributed by atoms with van der Waals surface area (Å²) in [7, 11) is 0. The maximum absolute atomic E-state index is 11.7. The second kappa shape index (κ2) is 6.53. The average Bonchev–Trinajstić information content (AvgIpc) is 2.37. The molecule has 21 heavy (non-hydrogen) atoms. The van der Waals surface area contributed by atoms with Crippen LogP contribution in [0.25, 0.3) is 0 Å². The largest absolute Gasteiger partial charge is 0.391 e. The van der Waals surface area contributed by atoms with Gasteiger partial charge in [-0.2, -0.15) is 0 Å². The van der Waals surface area contributed by atoms with Crippen LogP contribution >= 0.6 is 0 Å². The van der Waals surface area contributed by atoms with Crippen molar-refractivity contribution in [1.82, 2.24) is 10.3 Å². The Morgan fingerprint density at radius 3 is 2.43 bits per heavy atom. The maximum Gasteiger partial charge on any atom is 0.313 e. The number of aryl methyl sites for hydroxylation is 1. The molecule has 1 heterocycles. The van der Waals surface area contributed by atoms with Crippen molar-refractivity contribution < 1.29 is 14.7 Å². The number of hydrogen-bond acceptors (Lipinski definition) is 4. The van der Waals surface area contributed by atoms with Crippen molar-refractivity contribution in [3.8, 4) is 0 Å². The quantitative estimate of drug-likeness (QED) is 0.594. The SMILES string of the molecule is Cc1ccc(NC(=O)C(=O)NCC(O)C(C)(C)C)c(=O)[nH]1. The van der Waals surface area contributed by atoms with Crippen LogP contribution in [0.15, 0.2) is 16.9 Å². The molecule has 0 aliphatic heterocycles. The Hall–Kier alpha value is -2.15. The molecule has 1 aromatic rings. The van der Waals surface area contributed by atoms with E-state index < -0.39 is 28.9 Å². The fraction of sp³-hybridized carbons (Fsp3) is 0.500. The lowest BCUT2D eigenvalue weighted by Crippen LogP contribution is -2.43. The molecule has 2 amide bonds. The van der Waals surface area contributed by atoms with Gasteiger partial charge in [0.05, 0.1) is 6.10 Å². The van der Waals surface area contributed by atoms with Crippen LogP contribution in [-0.2, 0) is 9.59 Å². The van der Waals surface area contributed by atoms with Crippen molar-refractivity contribution in [1.29, 1.82) is 0 Å². The van der Waals surface area contributed by atoms with Crippen LogP contribution < -0.4 is 16.2 Å². The molecule has 0 aliphatic rings. The Morgan fingerprint density at radius 2 is 1.90 bits per heavy atom. The number of rotatable bonds is 3. The summed E-state index contributed by atoms with van der Waals surface area (Å²) in [6, 6.07) is 3.03. The van der Waals surface area contributed by atoms with Gasteiger partial charge < -0.3 is 20.7 Å². The summed E-state index contributed by atoms with van der Waals surface area (Å²) in [6.45, 7) is 7.11. The van der Waals surface area contributed by atoms with Crippen LogP contribution in [0.1, 0.15) is 26.5 Å². The van der Waals surface area contributed by atoms with Crippen molar-refractivity contribution in [2.75, 3.05) is 11.9 Å². The van der Waals surface area contributed by atoms with Gasteiger partial charge in [0.15, 0.2) is 0 Å². The molecule has 116 valence electrons. The molecule has 4 N–H and O–H groups in total. The van der Waals surface area contributed by atoms with Gasteiger partial charge in [-0.25, -0.2) is 0 Å². The number of carbonyl (C=O) groups is 2. The molecule has 1 rings (SSSR count). The lowest BCUT2D eigenvalue weighted by Gasteiger charge is -2.25. The predicted octanol–water partition coefficient (Wildman–Crippen LogP) is 0.145. The van der Waals surface area contributed by atoms with Crippen LogP contribution in [0.3, 0.4) is 0 Å². The second-order valence-electron chi connectivity index (χ2n) is 5.93. The molecule has 0 saturated carbocycles. The lowest BCUT2D eigenvalue weighted by molar-refractivity contribution is -0.136. The molecule has 0 saturated heterocycles. The van der Waals surface area contributed by atoms with Crippen molar-refractivity contribution in [2.45, 2.75) is 33.8 Å². The first kappa shape index (κ1) is 16.9. The fourth-order valence-electron chi connectivity index (χ4n) is 1.43. The topological polar surface area (TPSA) is 111 Å². The molecule has 0 fully saturated rings. The summed E-state index contributed by atoms with van der Waals surface area (Å²) in [5.74, 6) is -1.86. The van der Waals surface area contributed by atoms with Crippen LogP contribution in [-0.4, -0.2) is 34.6 Å². The van der Waals surface area contributed by atoms with Crippen LogP contribution in [0, 0.1) is 12.3 Å². The van der Waals surface area contributed by atoms with E-state index in [4.69, 9.17) is 0 Å². The number of nitrogens with one attached hydrogen (secondary N) is 3. The normalized spacial score (nSPS) is 12.6. The third-order valence-electron chi connectivity index (χ3n) is 2.97. The van der Waals surface area contributed by atoms with Gasteiger partial charge in [-0.1, -0.05) is 20.8 Å². The number of aliphatic hydroxyl groups excluding tert-OH is 1. The Labute approximate surface area is 122 Å². The van der Waals surface area contributed by atoms with Gasteiger partial charge in [0.25, 0.3) is 5.56 Å². The summed E-state index contributed by atoms with van der Waals surface area (Å²) in [4.78, 5) is 37.3. The molecule has 0 bridgehead atoms. The minimum absolute atomic E-state index is 0.00267. The van der Waals surface area contributed by atoms with Gasteiger partial charge in [-0.15, -0.1) is 0 Å². The molecule has 0 aliphatic carbocycles. The van der Waals surface area contributed by atoms with Crippen molar-refractivity contribution in [2.24, 2.45) is 5.41 Å². The molecule has 1 unspecified atom stereocenters. The van der Waals surface area contributed by atoms with E-state index >= 15 is 0 Å². The van der Waals surface area contributed by atoms with E-state index in [0.29, 0.717) is 5.69 Å². The molecule has 7 heteroatoms. The van der Waals surface area contributed by atoms with E-state index in [1.807, 2.05) is 20.8 Å². The molecule has 0 spiro atoms. The average molecular weight is 295 g/mol. The zero-order valence-electron chi connectivity index (χ0n) is 12.6. The first-order valence-electron chi connectivity index (χ1n) is 6.58. The number of aromatic amines is 1. The lowest BCUT2D eigenvalue weighted by atomic mass is 9.89. The Kier molecular flexibility index (Phi) is 5.26. The summed E-state index contributed by atoms with van der Waals surface area (Å²) >= 11 is 0. The highest BCUT2D eigenvalue weighted by Gasteiger charge is 2.24. The summed E-state index contributed by atoms with van der Waals surface area (Å²) in [6.07, 6.45) is -0.781. The van der Waals surface area contributed by atoms with Crippen molar-refractivity contribution in [3.63, 3.8) is 0 Å². The first-order valence-corrected chi connectivity index (χ1v) is 6.58. The second-order valence-corrected chi connectivity index (χ2v) is 5.93. The van der Waals surface area contributed by atoms with Gasteiger partial charge in [0.1, 0.15) is 5.69 Å². The number of pyridine rings is 1. The molecule has 0 radical (unpaired) electrons. The summed E-state index contributed by atoms with van der Waals surface area (Å²) < 4.78 is 0. The van der Waals surface area contributed by atoms with Gasteiger partial charge in [0, 0.05) is 12.2 Å². The number of carbonyl (C=O) groups excluding carboxylic acids is 2. The Balaban J connectivity index is 2.60. The summed E-state index contributed by atoms with van der Waals surface area (Å²) in [5.41, 5.74) is -0.239. The van der Waals surface area contributed by atoms with Gasteiger partial charge in [0.2, 0.25) is 0 Å². The zero-order chi connectivity index (χ0) is 16.2. The number of hydrogen-bond donors (Lipinski definition) is 4. The minimum atomic E-state index is -0.953. The van der Waals surface area contributed by atoms with Gasteiger partial charge in [-0.3, -0.25) is 14.4 Å². The van der Waals surface area contributed by atoms with E-state index in [-0.39, 0.29) is 12.2 Å². The Morgan fingerprint density at radius 1 is 1.29 bits per heavy atom. The van der Waals surface area contributed by atoms with E-state index in [2.05, 4.69) is 15.6 Å². The summed E-state index contributed by atoms with van der Waals surface area (Å²) in [5, 5.41) is 14.3. The Bertz CT molecular complexity index is 587. The standard InChI is InChI=1S/C14H21N3O4/c1-8-5-6-9(11(19)16-8)17-13(21)12(20)15-7-10(18)14(2,3)4/h5-6,10,18H,7H2,1-4H3,(H,15,20)(H,16,19)(H,17,21). The van der Waals surface area contributed by atoms with Crippen LogP contribution in [0.4, 0.5) is 5.69 Å². The molecule has 1 atom stereocenters. The van der Waals surface area contributed by atoms with Gasteiger partial charge >= 0.3 is 11.8 Å². The monoisotopic (exact) mass is 295 g/mol. The molecular formula is C14H21N3O4. The van der Waals surface area contributed by atoms with Crippen LogP contribution in [0.5, 0.6) is 0 Å². The molecule has 1 aromatic heterocycles. The van der Waals surface area contributed by atoms with Crippen LogP contribution in [0.2, 0.25) is 0 Å². The number of aliphatic hydroxyl groups is 1. The minimum Gasteiger partial charge on any atom is -0.391 e.